The number of nitrogens with zero attached hydrogens (tertiary/aromatic N) is 1. The van der Waals surface area contributed by atoms with E-state index in [1.807, 2.05) is 0 Å². The summed E-state index contributed by atoms with van der Waals surface area (Å²) in [6.45, 7) is 2.31. The van der Waals surface area contributed by atoms with Crippen LogP contribution < -0.4 is 5.32 Å². The Morgan fingerprint density at radius 2 is 2.24 bits per heavy atom. The number of aliphatic hydroxyl groups excluding tert-OH is 1. The van der Waals surface area contributed by atoms with Gasteiger partial charge in [-0.25, -0.2) is 12.7 Å². The fourth-order valence-electron chi connectivity index (χ4n) is 1.86. The van der Waals surface area contributed by atoms with Gasteiger partial charge in [0.2, 0.25) is 15.9 Å². The van der Waals surface area contributed by atoms with Gasteiger partial charge in [-0.2, -0.15) is 0 Å². The Balaban J connectivity index is 2.58. The monoisotopic (exact) mass is 264 g/mol. The van der Waals surface area contributed by atoms with Crippen LogP contribution in [0.5, 0.6) is 0 Å². The molecule has 0 radical (unpaired) electrons. The highest BCUT2D eigenvalue weighted by Gasteiger charge is 2.30. The van der Waals surface area contributed by atoms with Crippen LogP contribution in [0.25, 0.3) is 0 Å². The van der Waals surface area contributed by atoms with Crippen LogP contribution in [0.1, 0.15) is 19.8 Å². The van der Waals surface area contributed by atoms with Crippen molar-refractivity contribution in [2.24, 2.45) is 5.92 Å². The zero-order valence-electron chi connectivity index (χ0n) is 10.2. The Kier molecular flexibility index (Phi) is 4.91. The van der Waals surface area contributed by atoms with Gasteiger partial charge in [0.05, 0.1) is 18.8 Å². The van der Waals surface area contributed by atoms with E-state index in [1.54, 1.807) is 6.92 Å². The van der Waals surface area contributed by atoms with Crippen LogP contribution in [0.15, 0.2) is 0 Å². The minimum atomic E-state index is -3.22. The fourth-order valence-corrected chi connectivity index (χ4v) is 2.78. The maximum atomic E-state index is 11.8. The van der Waals surface area contributed by atoms with E-state index < -0.39 is 10.0 Å². The van der Waals surface area contributed by atoms with Gasteiger partial charge >= 0.3 is 0 Å². The topological polar surface area (TPSA) is 86.7 Å². The zero-order valence-corrected chi connectivity index (χ0v) is 11.0. The summed E-state index contributed by atoms with van der Waals surface area (Å²) in [5.74, 6) is -0.493. The molecule has 17 heavy (non-hydrogen) atoms. The average Bonchev–Trinajstić information content (AvgIpc) is 2.28. The molecule has 0 aromatic heterocycles. The van der Waals surface area contributed by atoms with Gasteiger partial charge in [-0.3, -0.25) is 4.79 Å². The molecule has 1 fully saturated rings. The number of aliphatic hydroxyl groups is 1. The lowest BCUT2D eigenvalue weighted by Crippen LogP contribution is -2.47. The molecule has 0 saturated carbocycles. The first-order valence-corrected chi connectivity index (χ1v) is 7.55. The largest absolute Gasteiger partial charge is 0.394 e. The van der Waals surface area contributed by atoms with Crippen molar-refractivity contribution in [1.29, 1.82) is 0 Å². The number of nitrogens with one attached hydrogen (secondary N) is 1. The van der Waals surface area contributed by atoms with Crippen molar-refractivity contribution in [3.63, 3.8) is 0 Å². The number of hydrogen-bond donors (Lipinski definition) is 2. The van der Waals surface area contributed by atoms with Crippen molar-refractivity contribution in [2.45, 2.75) is 25.8 Å². The minimum absolute atomic E-state index is 0.117. The average molecular weight is 264 g/mol. The molecule has 1 rings (SSSR count). The lowest BCUT2D eigenvalue weighted by molar-refractivity contribution is -0.126. The summed E-state index contributed by atoms with van der Waals surface area (Å²) in [6, 6.07) is -0.295. The number of carbonyl (C=O) groups is 1. The highest BCUT2D eigenvalue weighted by molar-refractivity contribution is 7.88. The van der Waals surface area contributed by atoms with E-state index >= 15 is 0 Å². The summed E-state index contributed by atoms with van der Waals surface area (Å²) < 4.78 is 24.1. The normalized spacial score (nSPS) is 24.3. The quantitative estimate of drug-likeness (QED) is 0.693. The second-order valence-electron chi connectivity index (χ2n) is 4.55. The van der Waals surface area contributed by atoms with Crippen LogP contribution in [0, 0.1) is 5.92 Å². The summed E-state index contributed by atoms with van der Waals surface area (Å²) in [5, 5.41) is 11.5. The van der Waals surface area contributed by atoms with Crippen LogP contribution >= 0.6 is 0 Å². The van der Waals surface area contributed by atoms with Crippen molar-refractivity contribution >= 4 is 15.9 Å². The Bertz CT molecular complexity index is 369. The molecule has 100 valence electrons. The van der Waals surface area contributed by atoms with Crippen molar-refractivity contribution < 1.29 is 18.3 Å². The second-order valence-corrected chi connectivity index (χ2v) is 6.53. The first-order valence-electron chi connectivity index (χ1n) is 5.71. The molecule has 1 aliphatic rings. The molecule has 2 unspecified atom stereocenters. The van der Waals surface area contributed by atoms with Gasteiger partial charge in [0.1, 0.15) is 0 Å². The molecule has 0 aromatic carbocycles. The van der Waals surface area contributed by atoms with Crippen LogP contribution in [-0.4, -0.2) is 55.7 Å². The Labute approximate surface area is 102 Å². The van der Waals surface area contributed by atoms with E-state index in [4.69, 9.17) is 5.11 Å². The van der Waals surface area contributed by atoms with Gasteiger partial charge in [0.15, 0.2) is 0 Å². The third-order valence-corrected chi connectivity index (χ3v) is 4.16. The molecule has 0 spiro atoms. The Morgan fingerprint density at radius 3 is 2.76 bits per heavy atom. The molecule has 6 nitrogen and oxygen atoms in total. The minimum Gasteiger partial charge on any atom is -0.394 e. The van der Waals surface area contributed by atoms with Gasteiger partial charge in [-0.05, 0) is 19.8 Å². The molecule has 2 atom stereocenters. The Hall–Kier alpha value is -0.660. The molecule has 1 heterocycles. The van der Waals surface area contributed by atoms with Crippen LogP contribution in [0.4, 0.5) is 0 Å². The summed E-state index contributed by atoms with van der Waals surface area (Å²) in [4.78, 5) is 11.8. The summed E-state index contributed by atoms with van der Waals surface area (Å²) in [6.07, 6.45) is 2.54. The number of rotatable bonds is 4. The molecule has 1 saturated heterocycles. The van der Waals surface area contributed by atoms with Gasteiger partial charge in [0, 0.05) is 19.1 Å². The predicted octanol–water partition coefficient (Wildman–Crippen LogP) is -0.845. The van der Waals surface area contributed by atoms with Gasteiger partial charge in [-0.15, -0.1) is 0 Å². The van der Waals surface area contributed by atoms with E-state index in [-0.39, 0.29) is 31.0 Å². The summed E-state index contributed by atoms with van der Waals surface area (Å²) in [5.41, 5.74) is 0. The van der Waals surface area contributed by atoms with Crippen molar-refractivity contribution in [3.8, 4) is 0 Å². The highest BCUT2D eigenvalue weighted by Crippen LogP contribution is 2.18. The molecule has 7 heteroatoms. The number of piperidine rings is 1. The molecule has 0 aromatic rings. The van der Waals surface area contributed by atoms with E-state index in [2.05, 4.69) is 5.32 Å². The number of amides is 1. The fraction of sp³-hybridized carbons (Fsp3) is 0.900. The van der Waals surface area contributed by atoms with E-state index in [9.17, 15) is 13.2 Å². The van der Waals surface area contributed by atoms with E-state index in [0.29, 0.717) is 19.4 Å². The van der Waals surface area contributed by atoms with Gasteiger partial charge in [-0.1, -0.05) is 0 Å². The molecule has 2 N–H and O–H groups in total. The molecule has 0 bridgehead atoms. The maximum Gasteiger partial charge on any atom is 0.224 e. The molecule has 1 amide bonds. The maximum absolute atomic E-state index is 11.8. The van der Waals surface area contributed by atoms with Crippen LogP contribution in [0.2, 0.25) is 0 Å². The second kappa shape index (κ2) is 5.79. The molecule has 1 aliphatic heterocycles. The van der Waals surface area contributed by atoms with Gasteiger partial charge in [0.25, 0.3) is 0 Å². The standard InChI is InChI=1S/C10H20N2O4S/c1-8(7-13)11-10(14)9-4-3-5-12(6-9)17(2,15)16/h8-9,13H,3-7H2,1-2H3,(H,11,14). The molecular weight excluding hydrogens is 244 g/mol. The smallest absolute Gasteiger partial charge is 0.224 e. The van der Waals surface area contributed by atoms with E-state index in [0.717, 1.165) is 6.26 Å². The molecular formula is C10H20N2O4S. The summed E-state index contributed by atoms with van der Waals surface area (Å²) >= 11 is 0. The van der Waals surface area contributed by atoms with Crippen molar-refractivity contribution in [1.82, 2.24) is 9.62 Å². The predicted molar refractivity (Wildman–Crippen MR) is 63.8 cm³/mol. The zero-order chi connectivity index (χ0) is 13.1. The first-order chi connectivity index (χ1) is 7.84. The number of hydrogen-bond acceptors (Lipinski definition) is 4. The van der Waals surface area contributed by atoms with Crippen molar-refractivity contribution in [2.75, 3.05) is 26.0 Å². The van der Waals surface area contributed by atoms with Crippen LogP contribution in [0.3, 0.4) is 0 Å². The van der Waals surface area contributed by atoms with E-state index in [1.165, 1.54) is 4.31 Å². The lowest BCUT2D eigenvalue weighted by atomic mass is 9.98. The Morgan fingerprint density at radius 1 is 1.59 bits per heavy atom. The number of sulfonamides is 1. The first kappa shape index (κ1) is 14.4. The summed E-state index contributed by atoms with van der Waals surface area (Å²) in [7, 11) is -3.22. The van der Waals surface area contributed by atoms with Crippen LogP contribution in [-0.2, 0) is 14.8 Å². The molecule has 0 aliphatic carbocycles. The highest BCUT2D eigenvalue weighted by atomic mass is 32.2. The van der Waals surface area contributed by atoms with Crippen molar-refractivity contribution in [3.05, 3.63) is 0 Å². The lowest BCUT2D eigenvalue weighted by Gasteiger charge is -2.30. The van der Waals surface area contributed by atoms with Gasteiger partial charge < -0.3 is 10.4 Å². The number of carbonyl (C=O) groups excluding carboxylic acids is 1. The SMILES string of the molecule is CC(CO)NC(=O)C1CCCN(S(C)(=O)=O)C1. The third kappa shape index (κ3) is 4.25. The third-order valence-electron chi connectivity index (χ3n) is 2.89.